The van der Waals surface area contributed by atoms with Crippen LogP contribution in [0, 0.1) is 18.7 Å². The van der Waals surface area contributed by atoms with Crippen molar-refractivity contribution in [3.63, 3.8) is 0 Å². The molecule has 23 heavy (non-hydrogen) atoms. The highest BCUT2D eigenvalue weighted by atomic mass is 19.1. The van der Waals surface area contributed by atoms with Gasteiger partial charge < -0.3 is 5.32 Å². The fraction of sp³-hybridized carbons (Fsp3) is 0.263. The molecule has 0 heterocycles. The Bertz CT molecular complexity index is 723. The minimum Gasteiger partial charge on any atom is -0.326 e. The van der Waals surface area contributed by atoms with Crippen molar-refractivity contribution in [2.75, 3.05) is 5.32 Å². The Hall–Kier alpha value is -2.49. The molecule has 2 aromatic rings. The molecule has 1 N–H and O–H groups in total. The second kappa shape index (κ2) is 7.18. The Morgan fingerprint density at radius 1 is 1.13 bits per heavy atom. The number of anilines is 1. The third-order valence-electron chi connectivity index (χ3n) is 3.80. The number of benzene rings is 2. The largest absolute Gasteiger partial charge is 0.326 e. The number of carbonyl (C=O) groups is 2. The first-order valence-corrected chi connectivity index (χ1v) is 7.53. The zero-order valence-electron chi connectivity index (χ0n) is 13.5. The molecule has 120 valence electrons. The first kappa shape index (κ1) is 16.9. The molecule has 0 saturated heterocycles. The van der Waals surface area contributed by atoms with Gasteiger partial charge in [0.2, 0.25) is 5.91 Å². The third-order valence-corrected chi connectivity index (χ3v) is 3.80. The predicted octanol–water partition coefficient (Wildman–Crippen LogP) is 4.15. The van der Waals surface area contributed by atoms with Gasteiger partial charge in [-0.3, -0.25) is 9.59 Å². The lowest BCUT2D eigenvalue weighted by atomic mass is 10.00. The van der Waals surface area contributed by atoms with Crippen LogP contribution in [0.1, 0.15) is 35.3 Å². The summed E-state index contributed by atoms with van der Waals surface area (Å²) < 4.78 is 12.9. The van der Waals surface area contributed by atoms with E-state index < -0.39 is 0 Å². The van der Waals surface area contributed by atoms with Crippen molar-refractivity contribution in [1.29, 1.82) is 0 Å². The first-order chi connectivity index (χ1) is 10.9. The number of carbonyl (C=O) groups excluding carboxylic acids is 2. The highest BCUT2D eigenvalue weighted by Crippen LogP contribution is 2.19. The molecule has 2 rings (SSSR count). The maximum absolute atomic E-state index is 12.9. The Labute approximate surface area is 135 Å². The number of ketones is 1. The molecule has 1 atom stereocenters. The van der Waals surface area contributed by atoms with E-state index in [9.17, 15) is 14.0 Å². The number of rotatable bonds is 5. The van der Waals surface area contributed by atoms with Gasteiger partial charge in [0.15, 0.2) is 5.78 Å². The maximum Gasteiger partial charge on any atom is 0.227 e. The van der Waals surface area contributed by atoms with Crippen LogP contribution in [-0.4, -0.2) is 11.7 Å². The average Bonchev–Trinajstić information content (AvgIpc) is 2.51. The molecule has 0 spiro atoms. The zero-order chi connectivity index (χ0) is 17.0. The van der Waals surface area contributed by atoms with Gasteiger partial charge in [0, 0.05) is 17.2 Å². The molecule has 0 fully saturated rings. The number of hydrogen-bond acceptors (Lipinski definition) is 2. The van der Waals surface area contributed by atoms with E-state index >= 15 is 0 Å². The lowest BCUT2D eigenvalue weighted by Crippen LogP contribution is -2.22. The van der Waals surface area contributed by atoms with E-state index in [0.717, 1.165) is 11.1 Å². The second-order valence-electron chi connectivity index (χ2n) is 5.81. The summed E-state index contributed by atoms with van der Waals surface area (Å²) in [5.41, 5.74) is 3.02. The number of halogens is 1. The summed E-state index contributed by atoms with van der Waals surface area (Å²) in [6, 6.07) is 11.4. The number of aryl methyl sites for hydroxylation is 1. The van der Waals surface area contributed by atoms with Crippen LogP contribution in [-0.2, 0) is 11.2 Å². The van der Waals surface area contributed by atoms with E-state index in [-0.39, 0.29) is 23.4 Å². The topological polar surface area (TPSA) is 46.2 Å². The van der Waals surface area contributed by atoms with Crippen molar-refractivity contribution in [2.45, 2.75) is 27.2 Å². The van der Waals surface area contributed by atoms with Gasteiger partial charge in [0.05, 0.1) is 0 Å². The Morgan fingerprint density at radius 3 is 2.39 bits per heavy atom. The van der Waals surface area contributed by atoms with E-state index in [2.05, 4.69) is 5.32 Å². The van der Waals surface area contributed by atoms with Crippen molar-refractivity contribution in [3.05, 3.63) is 65.0 Å². The molecular formula is C19H20FNO2. The molecule has 0 aliphatic carbocycles. The maximum atomic E-state index is 12.9. The second-order valence-corrected chi connectivity index (χ2v) is 5.81. The van der Waals surface area contributed by atoms with E-state index in [1.807, 2.05) is 19.9 Å². The molecule has 0 aromatic heterocycles. The Kier molecular flexibility index (Phi) is 5.27. The number of nitrogens with one attached hydrogen (secondary N) is 1. The molecular weight excluding hydrogens is 293 g/mol. The molecule has 1 amide bonds. The molecule has 0 radical (unpaired) electrons. The van der Waals surface area contributed by atoms with Gasteiger partial charge in [-0.05, 0) is 49.6 Å². The van der Waals surface area contributed by atoms with E-state index in [1.165, 1.54) is 19.1 Å². The van der Waals surface area contributed by atoms with Crippen LogP contribution in [0.25, 0.3) is 0 Å². The summed E-state index contributed by atoms with van der Waals surface area (Å²) in [4.78, 5) is 23.8. The molecule has 0 aliphatic heterocycles. The van der Waals surface area contributed by atoms with Crippen LogP contribution in [0.4, 0.5) is 10.1 Å². The third kappa shape index (κ3) is 4.49. The molecule has 0 bridgehead atoms. The van der Waals surface area contributed by atoms with Crippen LogP contribution in [0.3, 0.4) is 0 Å². The lowest BCUT2D eigenvalue weighted by Gasteiger charge is -2.14. The number of amides is 1. The van der Waals surface area contributed by atoms with Gasteiger partial charge in [0.1, 0.15) is 5.82 Å². The van der Waals surface area contributed by atoms with Crippen LogP contribution in [0.5, 0.6) is 0 Å². The summed E-state index contributed by atoms with van der Waals surface area (Å²) in [7, 11) is 0. The molecule has 3 nitrogen and oxygen atoms in total. The van der Waals surface area contributed by atoms with E-state index in [4.69, 9.17) is 0 Å². The van der Waals surface area contributed by atoms with Crippen LogP contribution in [0.15, 0.2) is 42.5 Å². The minimum absolute atomic E-state index is 0.0418. The highest BCUT2D eigenvalue weighted by molar-refractivity contribution is 5.98. The predicted molar refractivity (Wildman–Crippen MR) is 89.1 cm³/mol. The lowest BCUT2D eigenvalue weighted by molar-refractivity contribution is -0.119. The van der Waals surface area contributed by atoms with E-state index in [1.54, 1.807) is 24.3 Å². The van der Waals surface area contributed by atoms with Gasteiger partial charge in [-0.2, -0.15) is 0 Å². The van der Waals surface area contributed by atoms with Crippen LogP contribution < -0.4 is 5.32 Å². The van der Waals surface area contributed by atoms with Gasteiger partial charge >= 0.3 is 0 Å². The van der Waals surface area contributed by atoms with Crippen molar-refractivity contribution in [2.24, 2.45) is 5.92 Å². The summed E-state index contributed by atoms with van der Waals surface area (Å²) in [6.07, 6.45) is 0.525. The van der Waals surface area contributed by atoms with Crippen molar-refractivity contribution in [3.8, 4) is 0 Å². The summed E-state index contributed by atoms with van der Waals surface area (Å²) in [6.45, 7) is 5.19. The highest BCUT2D eigenvalue weighted by Gasteiger charge is 2.15. The summed E-state index contributed by atoms with van der Waals surface area (Å²) in [5, 5.41) is 2.87. The smallest absolute Gasteiger partial charge is 0.227 e. The van der Waals surface area contributed by atoms with Gasteiger partial charge in [-0.1, -0.05) is 31.2 Å². The summed E-state index contributed by atoms with van der Waals surface area (Å²) >= 11 is 0. The van der Waals surface area contributed by atoms with Gasteiger partial charge in [-0.25, -0.2) is 4.39 Å². The van der Waals surface area contributed by atoms with Gasteiger partial charge in [-0.15, -0.1) is 0 Å². The van der Waals surface area contributed by atoms with Gasteiger partial charge in [0.25, 0.3) is 0 Å². The molecule has 0 saturated carbocycles. The Balaban J connectivity index is 2.07. The average molecular weight is 313 g/mol. The molecule has 4 heteroatoms. The van der Waals surface area contributed by atoms with Crippen LogP contribution >= 0.6 is 0 Å². The van der Waals surface area contributed by atoms with Crippen molar-refractivity contribution >= 4 is 17.4 Å². The first-order valence-electron chi connectivity index (χ1n) is 7.53. The molecule has 1 unspecified atom stereocenters. The van der Waals surface area contributed by atoms with Crippen molar-refractivity contribution < 1.29 is 14.0 Å². The fourth-order valence-corrected chi connectivity index (χ4v) is 2.30. The molecule has 0 aliphatic rings. The standard InChI is InChI=1S/C19H20FNO2/c1-12-4-7-16(14(3)22)11-18(12)21-19(23)13(2)10-15-5-8-17(20)9-6-15/h4-9,11,13H,10H2,1-3H3,(H,21,23). The quantitative estimate of drug-likeness (QED) is 0.843. The monoisotopic (exact) mass is 313 g/mol. The Morgan fingerprint density at radius 2 is 1.78 bits per heavy atom. The van der Waals surface area contributed by atoms with Crippen LogP contribution in [0.2, 0.25) is 0 Å². The molecule has 2 aromatic carbocycles. The normalized spacial score (nSPS) is 11.8. The van der Waals surface area contributed by atoms with E-state index in [0.29, 0.717) is 17.7 Å². The minimum atomic E-state index is -0.289. The van der Waals surface area contributed by atoms with Crippen molar-refractivity contribution in [1.82, 2.24) is 0 Å². The number of Topliss-reactive ketones (excluding diaryl/α,β-unsaturated/α-hetero) is 1. The zero-order valence-corrected chi connectivity index (χ0v) is 13.5. The summed E-state index contributed by atoms with van der Waals surface area (Å²) in [5.74, 6) is -0.721. The SMILES string of the molecule is CC(=O)c1ccc(C)c(NC(=O)C(C)Cc2ccc(F)cc2)c1. The fourth-order valence-electron chi connectivity index (χ4n) is 2.30. The number of hydrogen-bond donors (Lipinski definition) is 1.